The summed E-state index contributed by atoms with van der Waals surface area (Å²) in [7, 11) is 0. The number of nitrogens with zero attached hydrogens (tertiary/aromatic N) is 3. The quantitative estimate of drug-likeness (QED) is 0.851. The van der Waals surface area contributed by atoms with Gasteiger partial charge in [0.1, 0.15) is 0 Å². The first-order chi connectivity index (χ1) is 12.2. The molecule has 1 aromatic rings. The van der Waals surface area contributed by atoms with Crippen LogP contribution >= 0.6 is 0 Å². The molecule has 3 aliphatic rings. The molecule has 0 aromatic carbocycles. The molecule has 1 amide bonds. The van der Waals surface area contributed by atoms with Crippen LogP contribution in [0.5, 0.6) is 0 Å². The van der Waals surface area contributed by atoms with E-state index in [1.807, 2.05) is 4.90 Å². The van der Waals surface area contributed by atoms with E-state index in [2.05, 4.69) is 27.4 Å². The Morgan fingerprint density at radius 2 is 2.08 bits per heavy atom. The Morgan fingerprint density at radius 1 is 1.28 bits per heavy atom. The van der Waals surface area contributed by atoms with E-state index in [1.54, 1.807) is 18.5 Å². The topological polar surface area (TPSA) is 67.4 Å². The van der Waals surface area contributed by atoms with E-state index < -0.39 is 0 Å². The lowest BCUT2D eigenvalue weighted by atomic mass is 9.90. The van der Waals surface area contributed by atoms with E-state index in [4.69, 9.17) is 4.74 Å². The molecule has 3 heterocycles. The van der Waals surface area contributed by atoms with Crippen molar-refractivity contribution < 1.29 is 9.53 Å². The summed E-state index contributed by atoms with van der Waals surface area (Å²) in [6.45, 7) is 2.30. The number of hydrogen-bond acceptors (Lipinski definition) is 5. The summed E-state index contributed by atoms with van der Waals surface area (Å²) in [5, 5.41) is 3.26. The number of ether oxygens (including phenoxy) is 1. The van der Waals surface area contributed by atoms with Crippen LogP contribution in [0, 0.1) is 5.92 Å². The highest BCUT2D eigenvalue weighted by Gasteiger charge is 2.45. The van der Waals surface area contributed by atoms with Crippen molar-refractivity contribution in [2.75, 3.05) is 25.0 Å². The smallest absolute Gasteiger partial charge is 0.226 e. The van der Waals surface area contributed by atoms with E-state index in [9.17, 15) is 4.79 Å². The average molecular weight is 342 g/mol. The molecule has 25 heavy (non-hydrogen) atoms. The van der Waals surface area contributed by atoms with Gasteiger partial charge >= 0.3 is 0 Å². The second-order valence-electron chi connectivity index (χ2n) is 7.42. The van der Waals surface area contributed by atoms with Crippen LogP contribution in [0.3, 0.4) is 0 Å². The van der Waals surface area contributed by atoms with Crippen molar-refractivity contribution in [2.45, 2.75) is 50.2 Å². The number of nitrogens with one attached hydrogen (secondary N) is 1. The number of carbonyl (C=O) groups is 1. The fraction of sp³-hybridized carbons (Fsp3) is 0.632. The highest BCUT2D eigenvalue weighted by Crippen LogP contribution is 2.37. The Balaban J connectivity index is 1.32. The summed E-state index contributed by atoms with van der Waals surface area (Å²) in [5.74, 6) is 1.11. The summed E-state index contributed by atoms with van der Waals surface area (Å²) in [6.07, 6.45) is 13.9. The normalized spacial score (nSPS) is 29.4. The highest BCUT2D eigenvalue weighted by molar-refractivity contribution is 5.80. The van der Waals surface area contributed by atoms with Gasteiger partial charge in [-0.15, -0.1) is 0 Å². The second kappa shape index (κ2) is 7.12. The fourth-order valence-corrected chi connectivity index (χ4v) is 4.27. The zero-order valence-electron chi connectivity index (χ0n) is 14.6. The van der Waals surface area contributed by atoms with Crippen molar-refractivity contribution in [2.24, 2.45) is 5.92 Å². The molecule has 1 aromatic heterocycles. The third-order valence-corrected chi connectivity index (χ3v) is 5.61. The van der Waals surface area contributed by atoms with Gasteiger partial charge in [-0.3, -0.25) is 4.79 Å². The SMILES string of the molecule is O=C(C1CC=CC1)N1CC[C@@]2(CCC[C@@H](CNc3ncccn3)O2)C1. The highest BCUT2D eigenvalue weighted by atomic mass is 16.5. The van der Waals surface area contributed by atoms with Crippen molar-refractivity contribution >= 4 is 11.9 Å². The number of allylic oxidation sites excluding steroid dienone is 2. The van der Waals surface area contributed by atoms with Crippen molar-refractivity contribution in [3.05, 3.63) is 30.6 Å². The van der Waals surface area contributed by atoms with E-state index in [0.717, 1.165) is 51.6 Å². The molecule has 1 spiro atoms. The van der Waals surface area contributed by atoms with Crippen molar-refractivity contribution in [3.63, 3.8) is 0 Å². The maximum atomic E-state index is 12.7. The molecule has 0 radical (unpaired) electrons. The number of amides is 1. The summed E-state index contributed by atoms with van der Waals surface area (Å²) >= 11 is 0. The third kappa shape index (κ3) is 3.68. The first-order valence-corrected chi connectivity index (χ1v) is 9.37. The van der Waals surface area contributed by atoms with Gasteiger partial charge in [0.2, 0.25) is 11.9 Å². The minimum atomic E-state index is -0.149. The maximum absolute atomic E-state index is 12.7. The molecule has 1 aliphatic carbocycles. The van der Waals surface area contributed by atoms with Crippen molar-refractivity contribution in [3.8, 4) is 0 Å². The third-order valence-electron chi connectivity index (χ3n) is 5.61. The van der Waals surface area contributed by atoms with Gasteiger partial charge in [0.05, 0.1) is 11.7 Å². The second-order valence-corrected chi connectivity index (χ2v) is 7.42. The largest absolute Gasteiger partial charge is 0.368 e. The van der Waals surface area contributed by atoms with E-state index >= 15 is 0 Å². The minimum Gasteiger partial charge on any atom is -0.368 e. The summed E-state index contributed by atoms with van der Waals surface area (Å²) in [6, 6.07) is 1.81. The van der Waals surface area contributed by atoms with Crippen LogP contribution in [0.1, 0.15) is 38.5 Å². The number of hydrogen-bond donors (Lipinski definition) is 1. The predicted octanol–water partition coefficient (Wildman–Crippen LogP) is 2.39. The molecule has 4 rings (SSSR count). The van der Waals surface area contributed by atoms with Crippen LogP contribution in [0.25, 0.3) is 0 Å². The van der Waals surface area contributed by atoms with Crippen molar-refractivity contribution in [1.82, 2.24) is 14.9 Å². The van der Waals surface area contributed by atoms with Crippen LogP contribution in [0.2, 0.25) is 0 Å². The van der Waals surface area contributed by atoms with Crippen LogP contribution in [0.4, 0.5) is 5.95 Å². The molecule has 0 bridgehead atoms. The van der Waals surface area contributed by atoms with Gasteiger partial charge in [0.25, 0.3) is 0 Å². The van der Waals surface area contributed by atoms with Gasteiger partial charge in [0, 0.05) is 37.9 Å². The Morgan fingerprint density at radius 3 is 2.88 bits per heavy atom. The Hall–Kier alpha value is -1.95. The molecule has 6 nitrogen and oxygen atoms in total. The molecule has 134 valence electrons. The summed E-state index contributed by atoms with van der Waals surface area (Å²) in [5.41, 5.74) is -0.149. The molecular formula is C19H26N4O2. The molecule has 2 saturated heterocycles. The minimum absolute atomic E-state index is 0.149. The van der Waals surface area contributed by atoms with E-state index in [1.165, 1.54) is 0 Å². The lowest BCUT2D eigenvalue weighted by Crippen LogP contribution is -2.46. The van der Waals surface area contributed by atoms with Gasteiger partial charge in [0.15, 0.2) is 0 Å². The van der Waals surface area contributed by atoms with Crippen LogP contribution in [-0.4, -0.2) is 52.1 Å². The molecule has 1 N–H and O–H groups in total. The Kier molecular flexibility index (Phi) is 4.70. The van der Waals surface area contributed by atoms with Crippen LogP contribution in [0.15, 0.2) is 30.6 Å². The van der Waals surface area contributed by atoms with Gasteiger partial charge in [-0.2, -0.15) is 0 Å². The van der Waals surface area contributed by atoms with E-state index in [0.29, 0.717) is 18.4 Å². The molecule has 0 saturated carbocycles. The predicted molar refractivity (Wildman–Crippen MR) is 95.0 cm³/mol. The zero-order valence-corrected chi connectivity index (χ0v) is 14.6. The Labute approximate surface area is 148 Å². The first-order valence-electron chi connectivity index (χ1n) is 9.37. The fourth-order valence-electron chi connectivity index (χ4n) is 4.27. The lowest BCUT2D eigenvalue weighted by Gasteiger charge is -2.38. The van der Waals surface area contributed by atoms with Gasteiger partial charge in [-0.1, -0.05) is 12.2 Å². The maximum Gasteiger partial charge on any atom is 0.226 e. The molecule has 2 aliphatic heterocycles. The zero-order chi connectivity index (χ0) is 17.1. The van der Waals surface area contributed by atoms with Gasteiger partial charge in [-0.25, -0.2) is 9.97 Å². The number of aromatic nitrogens is 2. The van der Waals surface area contributed by atoms with Crippen molar-refractivity contribution in [1.29, 1.82) is 0 Å². The Bertz CT molecular complexity index is 628. The number of likely N-dealkylation sites (tertiary alicyclic amines) is 1. The number of carbonyl (C=O) groups excluding carboxylic acids is 1. The number of rotatable bonds is 4. The van der Waals surface area contributed by atoms with Gasteiger partial charge in [-0.05, 0) is 44.6 Å². The first kappa shape index (κ1) is 16.5. The molecule has 2 atom stereocenters. The summed E-state index contributed by atoms with van der Waals surface area (Å²) in [4.78, 5) is 23.1. The van der Waals surface area contributed by atoms with Gasteiger partial charge < -0.3 is 15.0 Å². The molecule has 2 fully saturated rings. The lowest BCUT2D eigenvalue weighted by molar-refractivity contribution is -0.140. The molecular weight excluding hydrogens is 316 g/mol. The molecule has 6 heteroatoms. The molecule has 0 unspecified atom stereocenters. The standard InChI is InChI=1S/C19H26N4O2/c24-17(15-5-1-2-6-15)23-12-9-19(14-23)8-3-7-16(25-19)13-22-18-20-10-4-11-21-18/h1-2,4,10-11,15-16H,3,5-9,12-14H2,(H,20,21,22)/t16-,19-/m0/s1. The summed E-state index contributed by atoms with van der Waals surface area (Å²) < 4.78 is 6.47. The number of anilines is 1. The van der Waals surface area contributed by atoms with Crippen LogP contribution < -0.4 is 5.32 Å². The van der Waals surface area contributed by atoms with Crippen LogP contribution in [-0.2, 0) is 9.53 Å². The average Bonchev–Trinajstić information content (AvgIpc) is 3.31. The monoisotopic (exact) mass is 342 g/mol. The van der Waals surface area contributed by atoms with E-state index in [-0.39, 0.29) is 17.6 Å².